The number of benzene rings is 1. The Morgan fingerprint density at radius 2 is 1.81 bits per heavy atom. The second kappa shape index (κ2) is 8.52. The molecule has 26 heavy (non-hydrogen) atoms. The van der Waals surface area contributed by atoms with Crippen LogP contribution in [0.1, 0.15) is 32.5 Å². The van der Waals surface area contributed by atoms with Crippen molar-refractivity contribution in [1.82, 2.24) is 0 Å². The van der Waals surface area contributed by atoms with Crippen LogP contribution < -0.4 is 5.32 Å². The number of ether oxygens (including phenoxy) is 2. The molecule has 0 fully saturated rings. The summed E-state index contributed by atoms with van der Waals surface area (Å²) in [7, 11) is 0. The summed E-state index contributed by atoms with van der Waals surface area (Å²) in [6.07, 6.45) is 0. The highest BCUT2D eigenvalue weighted by molar-refractivity contribution is 7.18. The van der Waals surface area contributed by atoms with Gasteiger partial charge in [-0.25, -0.2) is 18.4 Å². The first-order chi connectivity index (χ1) is 12.3. The number of nitrogens with one attached hydrogen (secondary N) is 1. The molecule has 9 heteroatoms. The van der Waals surface area contributed by atoms with Gasteiger partial charge in [0.15, 0.2) is 18.2 Å². The van der Waals surface area contributed by atoms with Gasteiger partial charge in [0, 0.05) is 0 Å². The summed E-state index contributed by atoms with van der Waals surface area (Å²) in [5, 5.41) is 2.88. The molecule has 0 saturated carbocycles. The molecule has 0 spiro atoms. The summed E-state index contributed by atoms with van der Waals surface area (Å²) in [6, 6.07) is 4.11. The fraction of sp³-hybridized carbons (Fsp3) is 0.235. The van der Waals surface area contributed by atoms with Crippen molar-refractivity contribution in [3.63, 3.8) is 0 Å². The largest absolute Gasteiger partial charge is 0.462 e. The number of amides is 1. The van der Waals surface area contributed by atoms with Gasteiger partial charge in [0.25, 0.3) is 5.91 Å². The minimum Gasteiger partial charge on any atom is -0.462 e. The molecule has 1 amide bonds. The molecule has 0 aliphatic heterocycles. The summed E-state index contributed by atoms with van der Waals surface area (Å²) in [4.78, 5) is 35.7. The third-order valence-corrected chi connectivity index (χ3v) is 4.26. The topological polar surface area (TPSA) is 81.7 Å². The van der Waals surface area contributed by atoms with Gasteiger partial charge in [-0.05, 0) is 43.7 Å². The van der Waals surface area contributed by atoms with E-state index < -0.39 is 36.1 Å². The first-order valence-electron chi connectivity index (χ1n) is 7.51. The van der Waals surface area contributed by atoms with Gasteiger partial charge in [0.2, 0.25) is 0 Å². The van der Waals surface area contributed by atoms with E-state index in [1.165, 1.54) is 0 Å². The molecule has 0 aliphatic rings. The lowest BCUT2D eigenvalue weighted by molar-refractivity contribution is -0.119. The van der Waals surface area contributed by atoms with Crippen LogP contribution in [0.3, 0.4) is 0 Å². The van der Waals surface area contributed by atoms with Crippen molar-refractivity contribution in [3.05, 3.63) is 51.9 Å². The maximum Gasteiger partial charge on any atom is 0.348 e. The fourth-order valence-corrected chi connectivity index (χ4v) is 2.94. The van der Waals surface area contributed by atoms with Crippen molar-refractivity contribution in [2.45, 2.75) is 13.8 Å². The van der Waals surface area contributed by atoms with Crippen molar-refractivity contribution in [1.29, 1.82) is 0 Å². The number of esters is 2. The Kier molecular flexibility index (Phi) is 6.40. The van der Waals surface area contributed by atoms with Crippen molar-refractivity contribution in [3.8, 4) is 0 Å². The van der Waals surface area contributed by atoms with Crippen molar-refractivity contribution in [2.24, 2.45) is 0 Å². The second-order valence-corrected chi connectivity index (χ2v) is 6.15. The maximum atomic E-state index is 13.1. The molecule has 0 unspecified atom stereocenters. The van der Waals surface area contributed by atoms with Crippen LogP contribution in [0.5, 0.6) is 0 Å². The van der Waals surface area contributed by atoms with E-state index in [4.69, 9.17) is 9.47 Å². The van der Waals surface area contributed by atoms with Crippen LogP contribution in [-0.4, -0.2) is 31.1 Å². The van der Waals surface area contributed by atoms with Crippen LogP contribution >= 0.6 is 11.3 Å². The molecule has 1 aromatic carbocycles. The lowest BCUT2D eigenvalue weighted by Crippen LogP contribution is -2.20. The number of aryl methyl sites for hydroxylation is 1. The Morgan fingerprint density at radius 3 is 2.46 bits per heavy atom. The van der Waals surface area contributed by atoms with Crippen molar-refractivity contribution >= 4 is 34.2 Å². The van der Waals surface area contributed by atoms with Crippen LogP contribution in [-0.2, 0) is 14.3 Å². The third kappa shape index (κ3) is 4.85. The Balaban J connectivity index is 1.92. The first kappa shape index (κ1) is 19.5. The highest BCUT2D eigenvalue weighted by Gasteiger charge is 2.17. The Hall–Kier alpha value is -2.81. The van der Waals surface area contributed by atoms with Crippen LogP contribution in [0.25, 0.3) is 0 Å². The van der Waals surface area contributed by atoms with E-state index >= 15 is 0 Å². The number of carbonyl (C=O) groups is 3. The SMILES string of the molecule is CCOC(=O)c1sc(NC(=O)COC(=O)c2ccc(F)c(F)c2)cc1C. The summed E-state index contributed by atoms with van der Waals surface area (Å²) in [5.74, 6) is -4.37. The molecule has 1 N–H and O–H groups in total. The quantitative estimate of drug-likeness (QED) is 0.774. The van der Waals surface area contributed by atoms with Crippen LogP contribution in [0.2, 0.25) is 0 Å². The van der Waals surface area contributed by atoms with Gasteiger partial charge in [-0.3, -0.25) is 4.79 Å². The Labute approximate surface area is 151 Å². The molecule has 0 atom stereocenters. The zero-order valence-electron chi connectivity index (χ0n) is 13.9. The lowest BCUT2D eigenvalue weighted by atomic mass is 10.2. The van der Waals surface area contributed by atoms with Gasteiger partial charge in [-0.15, -0.1) is 11.3 Å². The highest BCUT2D eigenvalue weighted by Crippen LogP contribution is 2.27. The molecular formula is C17H15F2NO5S. The van der Waals surface area contributed by atoms with E-state index in [2.05, 4.69) is 5.32 Å². The number of halogens is 2. The van der Waals surface area contributed by atoms with E-state index in [1.807, 2.05) is 0 Å². The summed E-state index contributed by atoms with van der Waals surface area (Å²) >= 11 is 1.03. The minimum atomic E-state index is -1.19. The predicted molar refractivity (Wildman–Crippen MR) is 90.3 cm³/mol. The molecule has 0 aliphatic carbocycles. The third-order valence-electron chi connectivity index (χ3n) is 3.13. The summed E-state index contributed by atoms with van der Waals surface area (Å²) in [6.45, 7) is 2.99. The number of anilines is 1. The zero-order chi connectivity index (χ0) is 19.3. The fourth-order valence-electron chi connectivity index (χ4n) is 1.95. The molecule has 1 heterocycles. The van der Waals surface area contributed by atoms with Gasteiger partial charge in [0.1, 0.15) is 4.88 Å². The molecule has 6 nitrogen and oxygen atoms in total. The van der Waals surface area contributed by atoms with E-state index in [0.717, 1.165) is 23.5 Å². The second-order valence-electron chi connectivity index (χ2n) is 5.10. The predicted octanol–water partition coefficient (Wildman–Crippen LogP) is 3.31. The number of hydrogen-bond acceptors (Lipinski definition) is 6. The average Bonchev–Trinajstić information content (AvgIpc) is 2.95. The van der Waals surface area contributed by atoms with Crippen molar-refractivity contribution < 1.29 is 32.6 Å². The molecule has 2 aromatic rings. The maximum absolute atomic E-state index is 13.1. The Bertz CT molecular complexity index is 850. The standard InChI is InChI=1S/C17H15F2NO5S/c1-3-24-17(23)15-9(2)6-14(26-15)20-13(21)8-25-16(22)10-4-5-11(18)12(19)7-10/h4-7H,3,8H2,1-2H3,(H,20,21). The van der Waals surface area contributed by atoms with E-state index in [9.17, 15) is 23.2 Å². The van der Waals surface area contributed by atoms with Crippen LogP contribution in [0.15, 0.2) is 24.3 Å². The van der Waals surface area contributed by atoms with Gasteiger partial charge in [-0.2, -0.15) is 0 Å². The minimum absolute atomic E-state index is 0.215. The molecule has 1 aromatic heterocycles. The van der Waals surface area contributed by atoms with Gasteiger partial charge < -0.3 is 14.8 Å². The zero-order valence-corrected chi connectivity index (χ0v) is 14.7. The summed E-state index contributed by atoms with van der Waals surface area (Å²) in [5.41, 5.74) is 0.427. The van der Waals surface area contributed by atoms with Gasteiger partial charge in [0.05, 0.1) is 17.2 Å². The molecule has 0 bridgehead atoms. The molecule has 2 rings (SSSR count). The highest BCUT2D eigenvalue weighted by atomic mass is 32.1. The van der Waals surface area contributed by atoms with Gasteiger partial charge >= 0.3 is 11.9 Å². The van der Waals surface area contributed by atoms with Crippen LogP contribution in [0.4, 0.5) is 13.8 Å². The number of carbonyl (C=O) groups excluding carboxylic acids is 3. The van der Waals surface area contributed by atoms with E-state index in [0.29, 0.717) is 21.5 Å². The average molecular weight is 383 g/mol. The van der Waals surface area contributed by atoms with Gasteiger partial charge in [-0.1, -0.05) is 0 Å². The summed E-state index contributed by atoms with van der Waals surface area (Å²) < 4.78 is 35.6. The number of thiophene rings is 1. The lowest BCUT2D eigenvalue weighted by Gasteiger charge is -2.05. The van der Waals surface area contributed by atoms with Crippen molar-refractivity contribution in [2.75, 3.05) is 18.5 Å². The van der Waals surface area contributed by atoms with E-state index in [-0.39, 0.29) is 12.2 Å². The monoisotopic (exact) mass is 383 g/mol. The van der Waals surface area contributed by atoms with E-state index in [1.54, 1.807) is 19.9 Å². The molecular weight excluding hydrogens is 368 g/mol. The number of hydrogen-bond donors (Lipinski definition) is 1. The molecule has 0 saturated heterocycles. The molecule has 0 radical (unpaired) electrons. The number of rotatable bonds is 6. The smallest absolute Gasteiger partial charge is 0.348 e. The normalized spacial score (nSPS) is 10.3. The first-order valence-corrected chi connectivity index (χ1v) is 8.33. The molecule has 138 valence electrons. The van der Waals surface area contributed by atoms with Crippen LogP contribution in [0, 0.1) is 18.6 Å². The Morgan fingerprint density at radius 1 is 1.08 bits per heavy atom.